The van der Waals surface area contributed by atoms with Crippen LogP contribution in [0.3, 0.4) is 0 Å². The molecular weight excluding hydrogens is 538 g/mol. The van der Waals surface area contributed by atoms with Crippen molar-refractivity contribution in [1.29, 1.82) is 0 Å². The Morgan fingerprint density at radius 1 is 1.08 bits per heavy atom. The number of pyridine rings is 1. The number of fused-ring (bicyclic) bond motifs is 2. The minimum Gasteiger partial charge on any atom is -0.463 e. The van der Waals surface area contributed by atoms with Gasteiger partial charge in [-0.25, -0.2) is 14.5 Å². The van der Waals surface area contributed by atoms with Gasteiger partial charge in [-0.15, -0.1) is 10.2 Å². The van der Waals surface area contributed by atoms with Crippen molar-refractivity contribution >= 4 is 43.7 Å². The molecule has 0 unspecified atom stereocenters. The van der Waals surface area contributed by atoms with Gasteiger partial charge in [0.1, 0.15) is 5.69 Å². The van der Waals surface area contributed by atoms with Gasteiger partial charge in [0.25, 0.3) is 5.89 Å². The zero-order chi connectivity index (χ0) is 25.5. The highest BCUT2D eigenvalue weighted by Crippen LogP contribution is 2.28. The Morgan fingerprint density at radius 3 is 2.73 bits per heavy atom. The SMILES string of the molecule is CC(C)n1ncc2c(C(=O)OCc3nnc(-c4ccc5cc(Br)ccc5c4)o3)cc(-c3ccco3)nc21. The summed E-state index contributed by atoms with van der Waals surface area (Å²) < 4.78 is 19.6. The van der Waals surface area contributed by atoms with Crippen LogP contribution in [0.1, 0.15) is 36.1 Å². The van der Waals surface area contributed by atoms with E-state index >= 15 is 0 Å². The Kier molecular flexibility index (Phi) is 5.80. The van der Waals surface area contributed by atoms with Gasteiger partial charge in [-0.1, -0.05) is 28.1 Å². The van der Waals surface area contributed by atoms with E-state index in [1.807, 2.05) is 50.2 Å². The molecular formula is C27H20BrN5O4. The Morgan fingerprint density at radius 2 is 1.92 bits per heavy atom. The van der Waals surface area contributed by atoms with Crippen LogP contribution >= 0.6 is 15.9 Å². The number of hydrogen-bond acceptors (Lipinski definition) is 8. The molecule has 10 heteroatoms. The van der Waals surface area contributed by atoms with Crippen molar-refractivity contribution in [3.05, 3.63) is 83.0 Å². The number of esters is 1. The van der Waals surface area contributed by atoms with Crippen molar-refractivity contribution < 1.29 is 18.4 Å². The third-order valence-electron chi connectivity index (χ3n) is 5.89. The number of nitrogens with zero attached hydrogens (tertiary/aromatic N) is 5. The molecule has 9 nitrogen and oxygen atoms in total. The summed E-state index contributed by atoms with van der Waals surface area (Å²) in [6.45, 7) is 3.81. The van der Waals surface area contributed by atoms with E-state index < -0.39 is 5.97 Å². The van der Waals surface area contributed by atoms with Crippen LogP contribution in [0, 0.1) is 0 Å². The van der Waals surface area contributed by atoms with E-state index in [1.54, 1.807) is 35.3 Å². The largest absolute Gasteiger partial charge is 0.463 e. The summed E-state index contributed by atoms with van der Waals surface area (Å²) in [6, 6.07) is 17.1. The lowest BCUT2D eigenvalue weighted by molar-refractivity contribution is 0.0441. The van der Waals surface area contributed by atoms with Gasteiger partial charge in [0.15, 0.2) is 18.0 Å². The maximum Gasteiger partial charge on any atom is 0.339 e. The van der Waals surface area contributed by atoms with Crippen LogP contribution < -0.4 is 0 Å². The molecule has 0 aliphatic rings. The average Bonchev–Trinajstić information content (AvgIpc) is 3.67. The van der Waals surface area contributed by atoms with Crippen LogP contribution in [0.2, 0.25) is 0 Å². The van der Waals surface area contributed by atoms with Crippen LogP contribution in [-0.4, -0.2) is 30.9 Å². The first-order chi connectivity index (χ1) is 18.0. The molecule has 0 amide bonds. The zero-order valence-corrected chi connectivity index (χ0v) is 21.5. The number of carbonyl (C=O) groups excluding carboxylic acids is 1. The first-order valence-corrected chi connectivity index (χ1v) is 12.4. The van der Waals surface area contributed by atoms with Crippen LogP contribution in [0.5, 0.6) is 0 Å². The summed E-state index contributed by atoms with van der Waals surface area (Å²) >= 11 is 3.48. The van der Waals surface area contributed by atoms with Crippen molar-refractivity contribution in [3.63, 3.8) is 0 Å². The van der Waals surface area contributed by atoms with E-state index in [9.17, 15) is 4.79 Å². The quantitative estimate of drug-likeness (QED) is 0.211. The molecule has 2 aromatic carbocycles. The molecule has 0 N–H and O–H groups in total. The lowest BCUT2D eigenvalue weighted by atomic mass is 10.1. The van der Waals surface area contributed by atoms with E-state index in [2.05, 4.69) is 36.2 Å². The van der Waals surface area contributed by atoms with Gasteiger partial charge in [0.2, 0.25) is 5.89 Å². The normalized spacial score (nSPS) is 11.6. The van der Waals surface area contributed by atoms with Crippen LogP contribution in [0.25, 0.3) is 44.7 Å². The Hall–Kier alpha value is -4.31. The molecule has 0 bridgehead atoms. The number of rotatable bonds is 6. The van der Waals surface area contributed by atoms with Crippen molar-refractivity contribution in [2.45, 2.75) is 26.5 Å². The fraction of sp³-hybridized carbons (Fsp3) is 0.148. The van der Waals surface area contributed by atoms with Gasteiger partial charge in [-0.3, -0.25) is 0 Å². The van der Waals surface area contributed by atoms with Gasteiger partial charge >= 0.3 is 5.97 Å². The summed E-state index contributed by atoms with van der Waals surface area (Å²) in [6.07, 6.45) is 3.18. The fourth-order valence-corrected chi connectivity index (χ4v) is 4.48. The number of furan rings is 1. The molecule has 6 aromatic rings. The predicted octanol–water partition coefficient (Wildman–Crippen LogP) is 6.59. The standard InChI is InChI=1S/C27H20BrN5O4/c1-15(2)33-25-21(13-29-33)20(12-22(30-25)23-4-3-9-35-23)27(34)36-14-24-31-32-26(37-24)18-6-5-17-11-19(28)8-7-16(17)10-18/h3-13,15H,14H2,1-2H3. The van der Waals surface area contributed by atoms with Crippen molar-refractivity contribution in [1.82, 2.24) is 25.0 Å². The Balaban J connectivity index is 1.26. The molecule has 0 spiro atoms. The van der Waals surface area contributed by atoms with Gasteiger partial charge in [-0.2, -0.15) is 5.10 Å². The second-order valence-electron chi connectivity index (χ2n) is 8.74. The van der Waals surface area contributed by atoms with Gasteiger partial charge in [0, 0.05) is 16.1 Å². The minimum absolute atomic E-state index is 0.0502. The van der Waals surface area contributed by atoms with Crippen molar-refractivity contribution in [3.8, 4) is 22.9 Å². The van der Waals surface area contributed by atoms with Crippen LogP contribution in [0.15, 0.2) is 80.4 Å². The van der Waals surface area contributed by atoms with Crippen LogP contribution in [-0.2, 0) is 11.3 Å². The maximum atomic E-state index is 13.2. The first kappa shape index (κ1) is 23.1. The molecule has 0 aliphatic heterocycles. The molecule has 184 valence electrons. The second-order valence-corrected chi connectivity index (χ2v) is 9.65. The number of carbonyl (C=O) groups is 1. The maximum absolute atomic E-state index is 13.2. The highest BCUT2D eigenvalue weighted by Gasteiger charge is 2.21. The predicted molar refractivity (Wildman–Crippen MR) is 140 cm³/mol. The highest BCUT2D eigenvalue weighted by molar-refractivity contribution is 9.10. The molecule has 0 saturated carbocycles. The van der Waals surface area contributed by atoms with E-state index in [-0.39, 0.29) is 18.5 Å². The molecule has 6 rings (SSSR count). The van der Waals surface area contributed by atoms with E-state index in [1.165, 1.54) is 0 Å². The second kappa shape index (κ2) is 9.29. The third kappa shape index (κ3) is 4.40. The molecule has 0 radical (unpaired) electrons. The Labute approximate surface area is 219 Å². The van der Waals surface area contributed by atoms with Crippen LogP contribution in [0.4, 0.5) is 0 Å². The number of benzene rings is 2. The van der Waals surface area contributed by atoms with E-state index in [0.717, 1.165) is 20.8 Å². The molecule has 0 atom stereocenters. The smallest absolute Gasteiger partial charge is 0.339 e. The summed E-state index contributed by atoms with van der Waals surface area (Å²) in [4.78, 5) is 17.9. The van der Waals surface area contributed by atoms with Gasteiger partial charge < -0.3 is 13.6 Å². The molecule has 37 heavy (non-hydrogen) atoms. The third-order valence-corrected chi connectivity index (χ3v) is 6.39. The summed E-state index contributed by atoms with van der Waals surface area (Å²) in [5.41, 5.74) is 2.18. The zero-order valence-electron chi connectivity index (χ0n) is 19.9. The average molecular weight is 558 g/mol. The van der Waals surface area contributed by atoms with Gasteiger partial charge in [0.05, 0.1) is 23.4 Å². The molecule has 0 fully saturated rings. The first-order valence-electron chi connectivity index (χ1n) is 11.6. The summed E-state index contributed by atoms with van der Waals surface area (Å²) in [5.74, 6) is 0.519. The van der Waals surface area contributed by atoms with Gasteiger partial charge in [-0.05, 0) is 67.1 Å². The lowest BCUT2D eigenvalue weighted by Gasteiger charge is -2.09. The molecule has 0 aliphatic carbocycles. The van der Waals surface area contributed by atoms with Crippen molar-refractivity contribution in [2.24, 2.45) is 0 Å². The number of hydrogen-bond donors (Lipinski definition) is 0. The summed E-state index contributed by atoms with van der Waals surface area (Å²) in [5, 5.41) is 15.3. The molecule has 4 aromatic heterocycles. The number of aromatic nitrogens is 5. The van der Waals surface area contributed by atoms with Crippen molar-refractivity contribution in [2.75, 3.05) is 0 Å². The number of ether oxygens (including phenoxy) is 1. The minimum atomic E-state index is -0.556. The monoisotopic (exact) mass is 557 g/mol. The van der Waals surface area contributed by atoms with E-state index in [4.69, 9.17) is 13.6 Å². The topological polar surface area (TPSA) is 109 Å². The molecule has 0 saturated heterocycles. The van der Waals surface area contributed by atoms with E-state index in [0.29, 0.717) is 33.9 Å². The molecule has 4 heterocycles. The fourth-order valence-electron chi connectivity index (χ4n) is 4.10. The number of halogens is 1. The highest BCUT2D eigenvalue weighted by atomic mass is 79.9. The summed E-state index contributed by atoms with van der Waals surface area (Å²) in [7, 11) is 0. The lowest BCUT2D eigenvalue weighted by Crippen LogP contribution is -2.08. The Bertz CT molecular complexity index is 1750.